The fourth-order valence-corrected chi connectivity index (χ4v) is 8.00. The van der Waals surface area contributed by atoms with Gasteiger partial charge in [0.1, 0.15) is 6.10 Å². The SMILES string of the molecule is CC(C)=C[C@@H](O)[C@H]1CC[C@H](C[C@@H]2CC(C)=C[C@]3(C[C@H](O)[C@@H]4O[C@H](C[C@H](C)[C@H]5O[C@@H]5CC/C=C/C(C)=C/C=C/CCO)[C@H](O)C[C@H]4O3)O2)O1. The molecule has 0 amide bonds. The first-order valence-electron chi connectivity index (χ1n) is 18.3. The normalized spacial score (nSPS) is 39.9. The van der Waals surface area contributed by atoms with Crippen molar-refractivity contribution in [2.24, 2.45) is 5.92 Å². The first-order chi connectivity index (χ1) is 22.9. The highest BCUT2D eigenvalue weighted by Crippen LogP contribution is 2.44. The molecule has 48 heavy (non-hydrogen) atoms. The summed E-state index contributed by atoms with van der Waals surface area (Å²) in [6.07, 6.45) is 17.6. The summed E-state index contributed by atoms with van der Waals surface area (Å²) in [5.41, 5.74) is 3.38. The van der Waals surface area contributed by atoms with Crippen molar-refractivity contribution < 1.29 is 44.1 Å². The van der Waals surface area contributed by atoms with Gasteiger partial charge in [-0.2, -0.15) is 0 Å². The van der Waals surface area contributed by atoms with E-state index in [0.29, 0.717) is 25.7 Å². The lowest BCUT2D eigenvalue weighted by Gasteiger charge is -2.52. The molecule has 5 heterocycles. The molecule has 0 radical (unpaired) electrons. The van der Waals surface area contributed by atoms with Crippen LogP contribution in [0.2, 0.25) is 0 Å². The van der Waals surface area contributed by atoms with Gasteiger partial charge >= 0.3 is 0 Å². The number of fused-ring (bicyclic) bond motifs is 1. The molecule has 4 fully saturated rings. The van der Waals surface area contributed by atoms with Crippen LogP contribution in [0, 0.1) is 5.92 Å². The topological polar surface area (TPSA) is 130 Å². The van der Waals surface area contributed by atoms with Gasteiger partial charge in [-0.1, -0.05) is 60.1 Å². The molecule has 270 valence electrons. The minimum absolute atomic E-state index is 0.00396. The maximum atomic E-state index is 11.4. The lowest BCUT2D eigenvalue weighted by atomic mass is 9.84. The fraction of sp³-hybridized carbons (Fsp3) is 0.744. The van der Waals surface area contributed by atoms with Crippen LogP contribution in [0.1, 0.15) is 98.8 Å². The second-order valence-corrected chi connectivity index (χ2v) is 15.1. The third-order valence-corrected chi connectivity index (χ3v) is 10.3. The van der Waals surface area contributed by atoms with Crippen LogP contribution in [0.25, 0.3) is 0 Å². The molecule has 4 saturated heterocycles. The lowest BCUT2D eigenvalue weighted by molar-refractivity contribution is -0.341. The van der Waals surface area contributed by atoms with Gasteiger partial charge in [-0.3, -0.25) is 0 Å². The van der Waals surface area contributed by atoms with Gasteiger partial charge < -0.3 is 44.1 Å². The van der Waals surface area contributed by atoms with E-state index in [2.05, 4.69) is 32.9 Å². The Kier molecular flexibility index (Phi) is 13.3. The molecule has 0 aromatic heterocycles. The van der Waals surface area contributed by atoms with Crippen LogP contribution in [0.5, 0.6) is 0 Å². The van der Waals surface area contributed by atoms with E-state index in [-0.39, 0.29) is 49.5 Å². The maximum absolute atomic E-state index is 11.4. The molecule has 9 nitrogen and oxygen atoms in total. The molecule has 4 N–H and O–H groups in total. The molecule has 0 aromatic carbocycles. The first kappa shape index (κ1) is 37.6. The minimum Gasteiger partial charge on any atom is -0.396 e. The van der Waals surface area contributed by atoms with Crippen molar-refractivity contribution in [3.63, 3.8) is 0 Å². The average Bonchev–Trinajstić information content (AvgIpc) is 3.64. The largest absolute Gasteiger partial charge is 0.396 e. The fourth-order valence-electron chi connectivity index (χ4n) is 8.00. The van der Waals surface area contributed by atoms with E-state index in [1.165, 1.54) is 0 Å². The summed E-state index contributed by atoms with van der Waals surface area (Å²) in [6, 6.07) is 0. The summed E-state index contributed by atoms with van der Waals surface area (Å²) >= 11 is 0. The van der Waals surface area contributed by atoms with Crippen LogP contribution >= 0.6 is 0 Å². The van der Waals surface area contributed by atoms with Crippen LogP contribution in [-0.2, 0) is 23.7 Å². The Morgan fingerprint density at radius 3 is 2.58 bits per heavy atom. The third-order valence-electron chi connectivity index (χ3n) is 10.3. The molecule has 0 aromatic rings. The van der Waals surface area contributed by atoms with Crippen molar-refractivity contribution in [1.82, 2.24) is 0 Å². The first-order valence-corrected chi connectivity index (χ1v) is 18.3. The van der Waals surface area contributed by atoms with E-state index < -0.39 is 42.4 Å². The monoisotopic (exact) mass is 672 g/mol. The second kappa shape index (κ2) is 17.0. The minimum atomic E-state index is -1.06. The van der Waals surface area contributed by atoms with Crippen molar-refractivity contribution in [1.29, 1.82) is 0 Å². The van der Waals surface area contributed by atoms with E-state index in [1.807, 2.05) is 44.2 Å². The van der Waals surface area contributed by atoms with Crippen LogP contribution in [0.4, 0.5) is 0 Å². The predicted molar refractivity (Wildman–Crippen MR) is 184 cm³/mol. The van der Waals surface area contributed by atoms with E-state index in [0.717, 1.165) is 48.8 Å². The van der Waals surface area contributed by atoms with Crippen LogP contribution in [0.15, 0.2) is 59.3 Å². The maximum Gasteiger partial charge on any atom is 0.191 e. The molecule has 1 spiro atoms. The standard InChI is InChI=1S/C39H60O9/c1-24(2)17-30(41)33-15-14-28(44-33)20-29-18-26(4)22-39(47-29)23-32(43)38-36(48-39)21-31(42)35(46-38)19-27(5)37-34(45-37)13-9-8-12-25(3)11-7-6-10-16-40/h6-8,11-12,17,22,27-38,40-43H,9-10,13-16,18-21,23H2,1-5H3/b7-6+,12-8+,25-11+/t27-,28+,29-,30+,31+,32-,33+,34+,35+,36+,37+,38-,39-/m0/s1. The smallest absolute Gasteiger partial charge is 0.191 e. The molecule has 13 atom stereocenters. The van der Waals surface area contributed by atoms with Gasteiger partial charge in [0.05, 0.1) is 61.0 Å². The highest BCUT2D eigenvalue weighted by Gasteiger charge is 2.54. The quantitative estimate of drug-likeness (QED) is 0.109. The zero-order chi connectivity index (χ0) is 34.4. The van der Waals surface area contributed by atoms with E-state index >= 15 is 0 Å². The number of aliphatic hydroxyl groups is 4. The van der Waals surface area contributed by atoms with E-state index in [9.17, 15) is 15.3 Å². The molecule has 5 aliphatic heterocycles. The number of aliphatic hydroxyl groups excluding tert-OH is 4. The van der Waals surface area contributed by atoms with Gasteiger partial charge in [0.15, 0.2) is 5.79 Å². The van der Waals surface area contributed by atoms with E-state index in [4.69, 9.17) is 28.8 Å². The molecular weight excluding hydrogens is 612 g/mol. The number of epoxide rings is 1. The van der Waals surface area contributed by atoms with Crippen molar-refractivity contribution >= 4 is 0 Å². The van der Waals surface area contributed by atoms with Crippen LogP contribution < -0.4 is 0 Å². The number of allylic oxidation sites excluding steroid dienone is 6. The predicted octanol–water partition coefficient (Wildman–Crippen LogP) is 5.37. The zero-order valence-corrected chi connectivity index (χ0v) is 29.6. The van der Waals surface area contributed by atoms with Gasteiger partial charge in [-0.05, 0) is 84.6 Å². The molecule has 0 saturated carbocycles. The number of rotatable bonds is 14. The third kappa shape index (κ3) is 10.2. The Bertz CT molecular complexity index is 1200. The van der Waals surface area contributed by atoms with Crippen LogP contribution in [0.3, 0.4) is 0 Å². The number of ether oxygens (including phenoxy) is 5. The lowest BCUT2D eigenvalue weighted by Crippen LogP contribution is -2.62. The Morgan fingerprint density at radius 2 is 1.81 bits per heavy atom. The zero-order valence-electron chi connectivity index (χ0n) is 29.6. The summed E-state index contributed by atoms with van der Waals surface area (Å²) in [4.78, 5) is 0. The molecule has 9 heteroatoms. The summed E-state index contributed by atoms with van der Waals surface area (Å²) in [5, 5.41) is 41.9. The Morgan fingerprint density at radius 1 is 1.00 bits per heavy atom. The van der Waals surface area contributed by atoms with Gasteiger partial charge in [0.25, 0.3) is 0 Å². The van der Waals surface area contributed by atoms with Crippen LogP contribution in [-0.4, -0.2) is 100.0 Å². The second-order valence-electron chi connectivity index (χ2n) is 15.1. The van der Waals surface area contributed by atoms with Gasteiger partial charge in [0.2, 0.25) is 0 Å². The van der Waals surface area contributed by atoms with Gasteiger partial charge in [-0.25, -0.2) is 0 Å². The Labute approximate surface area is 287 Å². The molecule has 0 bridgehead atoms. The van der Waals surface area contributed by atoms with Crippen molar-refractivity contribution in [3.05, 3.63) is 59.3 Å². The summed E-state index contributed by atoms with van der Waals surface area (Å²) in [5.74, 6) is -0.847. The highest BCUT2D eigenvalue weighted by molar-refractivity contribution is 5.21. The number of hydrogen-bond donors (Lipinski definition) is 4. The molecule has 0 aliphatic carbocycles. The highest BCUT2D eigenvalue weighted by atomic mass is 16.7. The Balaban J connectivity index is 1.08. The number of hydrogen-bond acceptors (Lipinski definition) is 9. The summed E-state index contributed by atoms with van der Waals surface area (Å²) < 4.78 is 31.8. The summed E-state index contributed by atoms with van der Waals surface area (Å²) in [7, 11) is 0. The molecule has 5 rings (SSSR count). The summed E-state index contributed by atoms with van der Waals surface area (Å²) in [6.45, 7) is 10.4. The molecule has 5 aliphatic rings. The molecular formula is C39H60O9. The Hall–Kier alpha value is -1.66. The van der Waals surface area contributed by atoms with Gasteiger partial charge in [0, 0.05) is 25.9 Å². The van der Waals surface area contributed by atoms with Gasteiger partial charge in [-0.15, -0.1) is 0 Å². The van der Waals surface area contributed by atoms with E-state index in [1.54, 1.807) is 0 Å². The van der Waals surface area contributed by atoms with Crippen molar-refractivity contribution in [2.75, 3.05) is 6.61 Å². The van der Waals surface area contributed by atoms with Crippen molar-refractivity contribution in [2.45, 2.75) is 172 Å². The molecule has 0 unspecified atom stereocenters. The average molecular weight is 673 g/mol. The van der Waals surface area contributed by atoms with Crippen molar-refractivity contribution in [3.8, 4) is 0 Å².